The van der Waals surface area contributed by atoms with Gasteiger partial charge in [0, 0.05) is 5.69 Å². The zero-order valence-electron chi connectivity index (χ0n) is 14.9. The monoisotopic (exact) mass is 390 g/mol. The zero-order chi connectivity index (χ0) is 18.7. The first-order valence-corrected chi connectivity index (χ1v) is 9.48. The number of para-hydroxylation sites is 1. The summed E-state index contributed by atoms with van der Waals surface area (Å²) in [7, 11) is 3.55. The molecule has 1 amide bonds. The number of amides is 1. The lowest BCUT2D eigenvalue weighted by Crippen LogP contribution is -3.10. The molecule has 1 heterocycles. The van der Waals surface area contributed by atoms with Gasteiger partial charge in [0.05, 0.1) is 29.4 Å². The molecule has 3 rings (SSSR count). The molecule has 0 spiro atoms. The lowest BCUT2D eigenvalue weighted by molar-refractivity contribution is -0.902. The molecule has 0 aliphatic heterocycles. The van der Waals surface area contributed by atoms with Gasteiger partial charge in [-0.15, -0.1) is 11.3 Å². The average Bonchev–Trinajstić information content (AvgIpc) is 3.05. The molecule has 5 nitrogen and oxygen atoms in total. The standard InChI is InChI=1S/C19H20ClN3O2S/c1-12(19-22-15-6-4-5-7-17(15)26-19)23(2)11-18(24)21-13-8-9-16(25-3)14(20)10-13/h4-10,12H,11H2,1-3H3,(H,21,24)/p+1/t12-/m1/s1. The summed E-state index contributed by atoms with van der Waals surface area (Å²) < 4.78 is 6.29. The van der Waals surface area contributed by atoms with Gasteiger partial charge in [-0.1, -0.05) is 23.7 Å². The highest BCUT2D eigenvalue weighted by Crippen LogP contribution is 2.27. The van der Waals surface area contributed by atoms with Crippen molar-refractivity contribution in [2.45, 2.75) is 13.0 Å². The van der Waals surface area contributed by atoms with Crippen molar-refractivity contribution in [2.75, 3.05) is 26.0 Å². The number of anilines is 1. The number of carbonyl (C=O) groups excluding carboxylic acids is 1. The van der Waals surface area contributed by atoms with E-state index in [1.165, 1.54) is 4.70 Å². The lowest BCUT2D eigenvalue weighted by atomic mass is 10.2. The average molecular weight is 391 g/mol. The molecule has 0 saturated carbocycles. The number of quaternary nitrogens is 1. The van der Waals surface area contributed by atoms with E-state index < -0.39 is 0 Å². The van der Waals surface area contributed by atoms with Gasteiger partial charge in [0.15, 0.2) is 11.6 Å². The third kappa shape index (κ3) is 4.15. The second-order valence-electron chi connectivity index (χ2n) is 6.16. The maximum absolute atomic E-state index is 12.4. The highest BCUT2D eigenvalue weighted by Gasteiger charge is 2.22. The van der Waals surface area contributed by atoms with E-state index in [1.54, 1.807) is 36.6 Å². The number of thiazole rings is 1. The molecular weight excluding hydrogens is 370 g/mol. The summed E-state index contributed by atoms with van der Waals surface area (Å²) in [5.74, 6) is 0.508. The Hall–Kier alpha value is -2.15. The van der Waals surface area contributed by atoms with E-state index in [0.717, 1.165) is 15.4 Å². The number of rotatable bonds is 6. The highest BCUT2D eigenvalue weighted by atomic mass is 35.5. The third-order valence-electron chi connectivity index (χ3n) is 4.29. The first-order chi connectivity index (χ1) is 12.5. The molecule has 2 aromatic carbocycles. The van der Waals surface area contributed by atoms with Gasteiger partial charge in [-0.25, -0.2) is 4.98 Å². The number of carbonyl (C=O) groups is 1. The number of nitrogens with zero attached hydrogens (tertiary/aromatic N) is 1. The first kappa shape index (κ1) is 18.6. The van der Waals surface area contributed by atoms with Crippen LogP contribution in [-0.2, 0) is 4.79 Å². The van der Waals surface area contributed by atoms with Crippen LogP contribution < -0.4 is 15.0 Å². The molecule has 0 aliphatic carbocycles. The van der Waals surface area contributed by atoms with Gasteiger partial charge in [0.1, 0.15) is 11.8 Å². The quantitative estimate of drug-likeness (QED) is 0.679. The van der Waals surface area contributed by atoms with E-state index >= 15 is 0 Å². The zero-order valence-corrected chi connectivity index (χ0v) is 16.4. The summed E-state index contributed by atoms with van der Waals surface area (Å²) in [6, 6.07) is 13.4. The number of likely N-dealkylation sites (N-methyl/N-ethyl adjacent to an activating group) is 1. The van der Waals surface area contributed by atoms with Crippen LogP contribution in [0, 0.1) is 0 Å². The van der Waals surface area contributed by atoms with Crippen LogP contribution in [0.1, 0.15) is 18.0 Å². The Labute approximate surface area is 161 Å². The second kappa shape index (κ2) is 8.03. The van der Waals surface area contributed by atoms with E-state index in [1.807, 2.05) is 25.2 Å². The SMILES string of the molecule is COc1ccc(NC(=O)C[NH+](C)[C@H](C)c2nc3ccccc3s2)cc1Cl. The number of methoxy groups -OCH3 is 1. The minimum Gasteiger partial charge on any atom is -0.495 e. The lowest BCUT2D eigenvalue weighted by Gasteiger charge is -2.19. The molecule has 3 aromatic rings. The predicted octanol–water partition coefficient (Wildman–Crippen LogP) is 3.17. The maximum atomic E-state index is 12.4. The van der Waals surface area contributed by atoms with Crippen LogP contribution >= 0.6 is 22.9 Å². The Morgan fingerprint density at radius 3 is 2.81 bits per heavy atom. The molecule has 0 bridgehead atoms. The minimum absolute atomic E-state index is 0.0725. The molecule has 26 heavy (non-hydrogen) atoms. The summed E-state index contributed by atoms with van der Waals surface area (Å²) >= 11 is 7.78. The van der Waals surface area contributed by atoms with Crippen LogP contribution in [0.25, 0.3) is 10.2 Å². The number of benzene rings is 2. The third-order valence-corrected chi connectivity index (χ3v) is 5.81. The van der Waals surface area contributed by atoms with Crippen molar-refractivity contribution in [1.29, 1.82) is 0 Å². The van der Waals surface area contributed by atoms with Crippen molar-refractivity contribution in [1.82, 2.24) is 4.98 Å². The Kier molecular flexibility index (Phi) is 5.76. The Balaban J connectivity index is 1.63. The highest BCUT2D eigenvalue weighted by molar-refractivity contribution is 7.18. The number of fused-ring (bicyclic) bond motifs is 1. The van der Waals surface area contributed by atoms with E-state index in [9.17, 15) is 4.79 Å². The van der Waals surface area contributed by atoms with E-state index in [2.05, 4.69) is 18.3 Å². The van der Waals surface area contributed by atoms with Crippen molar-refractivity contribution < 1.29 is 14.4 Å². The van der Waals surface area contributed by atoms with Gasteiger partial charge in [-0.05, 0) is 37.3 Å². The first-order valence-electron chi connectivity index (χ1n) is 8.29. The van der Waals surface area contributed by atoms with Crippen LogP contribution in [-0.4, -0.2) is 31.6 Å². The molecule has 0 radical (unpaired) electrons. The number of hydrogen-bond donors (Lipinski definition) is 2. The molecule has 2 N–H and O–H groups in total. The van der Waals surface area contributed by atoms with E-state index in [0.29, 0.717) is 23.0 Å². The van der Waals surface area contributed by atoms with Gasteiger partial charge in [0.2, 0.25) is 0 Å². The van der Waals surface area contributed by atoms with Crippen LogP contribution in [0.2, 0.25) is 5.02 Å². The summed E-state index contributed by atoms with van der Waals surface area (Å²) in [5.41, 5.74) is 1.66. The number of nitrogens with one attached hydrogen (secondary N) is 2. The van der Waals surface area contributed by atoms with Crippen molar-refractivity contribution in [3.63, 3.8) is 0 Å². The molecule has 0 aliphatic rings. The second-order valence-corrected chi connectivity index (χ2v) is 7.63. The summed E-state index contributed by atoms with van der Waals surface area (Å²) in [5, 5.41) is 4.38. The largest absolute Gasteiger partial charge is 0.495 e. The molecule has 0 fully saturated rings. The van der Waals surface area contributed by atoms with Crippen LogP contribution in [0.5, 0.6) is 5.75 Å². The normalized spacial score (nSPS) is 13.4. The molecular formula is C19H21ClN3O2S+. The van der Waals surface area contributed by atoms with Crippen LogP contribution in [0.3, 0.4) is 0 Å². The van der Waals surface area contributed by atoms with E-state index in [4.69, 9.17) is 21.3 Å². The fraction of sp³-hybridized carbons (Fsp3) is 0.263. The topological polar surface area (TPSA) is 55.7 Å². The number of aromatic nitrogens is 1. The van der Waals surface area contributed by atoms with Crippen LogP contribution in [0.15, 0.2) is 42.5 Å². The molecule has 136 valence electrons. The van der Waals surface area contributed by atoms with Crippen molar-refractivity contribution in [3.05, 3.63) is 52.5 Å². The number of ether oxygens (including phenoxy) is 1. The van der Waals surface area contributed by atoms with Gasteiger partial charge < -0.3 is 15.0 Å². The minimum atomic E-state index is -0.0725. The molecule has 1 unspecified atom stereocenters. The Morgan fingerprint density at radius 1 is 1.35 bits per heavy atom. The summed E-state index contributed by atoms with van der Waals surface area (Å²) in [4.78, 5) is 18.1. The predicted molar refractivity (Wildman–Crippen MR) is 106 cm³/mol. The molecule has 7 heteroatoms. The smallest absolute Gasteiger partial charge is 0.279 e. The molecule has 0 saturated heterocycles. The van der Waals surface area contributed by atoms with Gasteiger partial charge >= 0.3 is 0 Å². The molecule has 2 atom stereocenters. The van der Waals surface area contributed by atoms with Gasteiger partial charge in [0.25, 0.3) is 5.91 Å². The van der Waals surface area contributed by atoms with E-state index in [-0.39, 0.29) is 11.9 Å². The molecule has 1 aromatic heterocycles. The number of hydrogen-bond acceptors (Lipinski definition) is 4. The van der Waals surface area contributed by atoms with Crippen molar-refractivity contribution in [3.8, 4) is 5.75 Å². The van der Waals surface area contributed by atoms with Crippen LogP contribution in [0.4, 0.5) is 5.69 Å². The van der Waals surface area contributed by atoms with Crippen molar-refractivity contribution in [2.24, 2.45) is 0 Å². The Morgan fingerprint density at radius 2 is 2.12 bits per heavy atom. The maximum Gasteiger partial charge on any atom is 0.279 e. The van der Waals surface area contributed by atoms with Gasteiger partial charge in [-0.3, -0.25) is 4.79 Å². The fourth-order valence-corrected chi connectivity index (χ4v) is 4.01. The fourth-order valence-electron chi connectivity index (χ4n) is 2.64. The van der Waals surface area contributed by atoms with Gasteiger partial charge in [-0.2, -0.15) is 0 Å². The number of halogens is 1. The summed E-state index contributed by atoms with van der Waals surface area (Å²) in [6.45, 7) is 2.42. The summed E-state index contributed by atoms with van der Waals surface area (Å²) in [6.07, 6.45) is 0. The Bertz CT molecular complexity index is 895. The van der Waals surface area contributed by atoms with Crippen molar-refractivity contribution >= 4 is 44.7 Å².